The molecule has 2 aliphatic rings. The second kappa shape index (κ2) is 12.9. The van der Waals surface area contributed by atoms with Gasteiger partial charge < -0.3 is 5.73 Å². The van der Waals surface area contributed by atoms with E-state index in [-0.39, 0.29) is 0 Å². The van der Waals surface area contributed by atoms with Crippen molar-refractivity contribution in [2.24, 2.45) is 11.7 Å². The van der Waals surface area contributed by atoms with Crippen LogP contribution in [0.15, 0.2) is 77.8 Å². The van der Waals surface area contributed by atoms with E-state index in [4.69, 9.17) is 10.7 Å². The van der Waals surface area contributed by atoms with Crippen LogP contribution in [0.5, 0.6) is 0 Å². The summed E-state index contributed by atoms with van der Waals surface area (Å²) in [6.07, 6.45) is 10.5. The van der Waals surface area contributed by atoms with Crippen molar-refractivity contribution in [3.63, 3.8) is 0 Å². The van der Waals surface area contributed by atoms with Gasteiger partial charge >= 0.3 is 0 Å². The van der Waals surface area contributed by atoms with Gasteiger partial charge in [-0.25, -0.2) is 4.31 Å². The second-order valence-electron chi connectivity index (χ2n) is 10.4. The van der Waals surface area contributed by atoms with Crippen molar-refractivity contribution >= 4 is 11.9 Å². The first kappa shape index (κ1) is 25.5. The molecule has 0 saturated heterocycles. The van der Waals surface area contributed by atoms with E-state index in [1.165, 1.54) is 59.5 Å². The average Bonchev–Trinajstić information content (AvgIpc) is 3.73. The number of nitrogens with zero attached hydrogens (tertiary/aromatic N) is 3. The van der Waals surface area contributed by atoms with Crippen LogP contribution in [-0.4, -0.2) is 33.8 Å². The normalized spacial score (nSPS) is 17.5. The summed E-state index contributed by atoms with van der Waals surface area (Å²) in [7, 11) is 0. The van der Waals surface area contributed by atoms with Crippen LogP contribution >= 0.6 is 11.9 Å². The first-order chi connectivity index (χ1) is 17.8. The average molecular weight is 501 g/mol. The Morgan fingerprint density at radius 2 is 1.67 bits per heavy atom. The Hall–Kier alpha value is -2.18. The predicted octanol–water partition coefficient (Wildman–Crippen LogP) is 6.62. The van der Waals surface area contributed by atoms with E-state index in [2.05, 4.69) is 75.9 Å². The minimum atomic E-state index is 0.404. The molecule has 36 heavy (non-hydrogen) atoms. The predicted molar refractivity (Wildman–Crippen MR) is 150 cm³/mol. The van der Waals surface area contributed by atoms with Crippen LogP contribution in [0.4, 0.5) is 0 Å². The lowest BCUT2D eigenvalue weighted by Crippen LogP contribution is -2.32. The van der Waals surface area contributed by atoms with Gasteiger partial charge in [-0.1, -0.05) is 48.5 Å². The van der Waals surface area contributed by atoms with E-state index in [0.29, 0.717) is 6.04 Å². The lowest BCUT2D eigenvalue weighted by molar-refractivity contribution is 0.163. The second-order valence-corrected chi connectivity index (χ2v) is 11.6. The summed E-state index contributed by atoms with van der Waals surface area (Å²) in [5, 5.41) is 0. The summed E-state index contributed by atoms with van der Waals surface area (Å²) in [6, 6.07) is 24.9. The van der Waals surface area contributed by atoms with Crippen LogP contribution in [0.2, 0.25) is 0 Å². The summed E-state index contributed by atoms with van der Waals surface area (Å²) in [4.78, 5) is 8.80. The molecule has 1 aromatic heterocycles. The van der Waals surface area contributed by atoms with E-state index in [9.17, 15) is 0 Å². The number of hydrogen-bond donors (Lipinski definition) is 1. The van der Waals surface area contributed by atoms with Crippen molar-refractivity contribution in [3.8, 4) is 0 Å². The minimum absolute atomic E-state index is 0.404. The Morgan fingerprint density at radius 1 is 0.861 bits per heavy atom. The van der Waals surface area contributed by atoms with Gasteiger partial charge in [-0.15, -0.1) is 0 Å². The maximum atomic E-state index is 5.82. The zero-order chi connectivity index (χ0) is 24.6. The van der Waals surface area contributed by atoms with Gasteiger partial charge in [-0.05, 0) is 111 Å². The van der Waals surface area contributed by atoms with Crippen LogP contribution in [0.3, 0.4) is 0 Å². The summed E-state index contributed by atoms with van der Waals surface area (Å²) in [5.74, 6) is 0.870. The highest BCUT2D eigenvalue weighted by molar-refractivity contribution is 7.97. The minimum Gasteiger partial charge on any atom is -0.330 e. The number of rotatable bonds is 13. The molecule has 1 saturated carbocycles. The van der Waals surface area contributed by atoms with Gasteiger partial charge in [0.25, 0.3) is 0 Å². The van der Waals surface area contributed by atoms with Crippen molar-refractivity contribution in [3.05, 3.63) is 95.3 Å². The van der Waals surface area contributed by atoms with Crippen molar-refractivity contribution in [1.29, 1.82) is 0 Å². The molecule has 190 valence electrons. The van der Waals surface area contributed by atoms with Crippen LogP contribution < -0.4 is 5.73 Å². The largest absolute Gasteiger partial charge is 0.330 e. The fourth-order valence-electron chi connectivity index (χ4n) is 5.29. The molecule has 1 unspecified atom stereocenters. The highest BCUT2D eigenvalue weighted by Crippen LogP contribution is 2.36. The third-order valence-electron chi connectivity index (χ3n) is 7.41. The molecule has 1 fully saturated rings. The molecular weight excluding hydrogens is 460 g/mol. The Balaban J connectivity index is 1.26. The monoisotopic (exact) mass is 500 g/mol. The smallest absolute Gasteiger partial charge is 0.0607 e. The fourth-order valence-corrected chi connectivity index (χ4v) is 6.35. The lowest BCUT2D eigenvalue weighted by Gasteiger charge is -2.35. The van der Waals surface area contributed by atoms with Crippen molar-refractivity contribution < 1.29 is 0 Å². The molecule has 1 heterocycles. The Kier molecular flexibility index (Phi) is 9.10. The zero-order valence-corrected chi connectivity index (χ0v) is 22.2. The SMILES string of the molecule is NCCCCN(Cc1ccc(SN(Cc2ccccc2)CC2CC2)cc1)C1CCCc2cccnc21. The van der Waals surface area contributed by atoms with E-state index >= 15 is 0 Å². The fraction of sp³-hybridized carbons (Fsp3) is 0.452. The molecule has 2 aromatic carbocycles. The molecule has 3 aromatic rings. The molecule has 0 aliphatic heterocycles. The van der Waals surface area contributed by atoms with Gasteiger partial charge in [0.05, 0.1) is 11.7 Å². The molecule has 0 radical (unpaired) electrons. The first-order valence-corrected chi connectivity index (χ1v) is 14.5. The molecule has 2 N–H and O–H groups in total. The molecular formula is C31H40N4S. The molecule has 0 amide bonds. The van der Waals surface area contributed by atoms with Crippen molar-refractivity contribution in [2.75, 3.05) is 19.6 Å². The van der Waals surface area contributed by atoms with Gasteiger partial charge in [-0.3, -0.25) is 9.88 Å². The number of aromatic nitrogens is 1. The highest BCUT2D eigenvalue weighted by atomic mass is 32.2. The number of unbranched alkanes of at least 4 members (excludes halogenated alkanes) is 1. The van der Waals surface area contributed by atoms with Gasteiger partial charge in [0.1, 0.15) is 0 Å². The number of benzene rings is 2. The molecule has 5 heteroatoms. The van der Waals surface area contributed by atoms with Gasteiger partial charge in [0.15, 0.2) is 0 Å². The van der Waals surface area contributed by atoms with Crippen LogP contribution in [0, 0.1) is 5.92 Å². The number of aryl methyl sites for hydroxylation is 1. The molecule has 0 spiro atoms. The zero-order valence-electron chi connectivity index (χ0n) is 21.4. The highest BCUT2D eigenvalue weighted by Gasteiger charge is 2.27. The van der Waals surface area contributed by atoms with Crippen LogP contribution in [-0.2, 0) is 19.5 Å². The van der Waals surface area contributed by atoms with Crippen LogP contribution in [0.1, 0.15) is 67.0 Å². The summed E-state index contributed by atoms with van der Waals surface area (Å²) in [5.41, 5.74) is 11.3. The Morgan fingerprint density at radius 3 is 2.44 bits per heavy atom. The van der Waals surface area contributed by atoms with Crippen LogP contribution in [0.25, 0.3) is 0 Å². The molecule has 4 nitrogen and oxygen atoms in total. The number of fused-ring (bicyclic) bond motifs is 1. The van der Waals surface area contributed by atoms with E-state index < -0.39 is 0 Å². The van der Waals surface area contributed by atoms with E-state index in [1.54, 1.807) is 0 Å². The molecule has 0 bridgehead atoms. The molecule has 1 atom stereocenters. The van der Waals surface area contributed by atoms with Gasteiger partial charge in [0.2, 0.25) is 0 Å². The topological polar surface area (TPSA) is 45.4 Å². The maximum absolute atomic E-state index is 5.82. The maximum Gasteiger partial charge on any atom is 0.0607 e. The third kappa shape index (κ3) is 7.19. The van der Waals surface area contributed by atoms with E-state index in [1.807, 2.05) is 18.1 Å². The number of hydrogen-bond acceptors (Lipinski definition) is 5. The van der Waals surface area contributed by atoms with Crippen molar-refractivity contribution in [1.82, 2.24) is 14.2 Å². The van der Waals surface area contributed by atoms with Gasteiger partial charge in [0, 0.05) is 30.7 Å². The molecule has 5 rings (SSSR count). The summed E-state index contributed by atoms with van der Waals surface area (Å²) < 4.78 is 2.55. The summed E-state index contributed by atoms with van der Waals surface area (Å²) in [6.45, 7) is 4.96. The standard InChI is InChI=1S/C31H40N4S/c32-19-4-5-21-34(30-12-6-10-28-11-7-20-33-31(28)30)22-26-15-17-29(18-16-26)36-35(24-27-13-14-27)23-25-8-2-1-3-9-25/h1-3,7-9,11,15-18,20,27,30H,4-6,10,12-14,19,21-24,32H2. The lowest BCUT2D eigenvalue weighted by atomic mass is 9.90. The Bertz CT molecular complexity index is 1070. The first-order valence-electron chi connectivity index (χ1n) is 13.7. The number of pyridine rings is 1. The van der Waals surface area contributed by atoms with Crippen molar-refractivity contribution in [2.45, 2.75) is 69.0 Å². The summed E-state index contributed by atoms with van der Waals surface area (Å²) >= 11 is 1.91. The number of nitrogens with two attached hydrogens (primary N) is 1. The molecule has 2 aliphatic carbocycles. The van der Waals surface area contributed by atoms with Gasteiger partial charge in [-0.2, -0.15) is 0 Å². The third-order valence-corrected chi connectivity index (χ3v) is 8.43. The van der Waals surface area contributed by atoms with E-state index in [0.717, 1.165) is 51.4 Å². The Labute approximate surface area is 221 Å². The quantitative estimate of drug-likeness (QED) is 0.211.